The SMILES string of the molecule is CN=C(NC)NC[C@H]1CN(Cc2ccccc2)CCO1. The topological polar surface area (TPSA) is 48.9 Å². The summed E-state index contributed by atoms with van der Waals surface area (Å²) >= 11 is 0. The van der Waals surface area contributed by atoms with Gasteiger partial charge in [-0.15, -0.1) is 0 Å². The highest BCUT2D eigenvalue weighted by Crippen LogP contribution is 2.09. The van der Waals surface area contributed by atoms with Gasteiger partial charge < -0.3 is 15.4 Å². The maximum atomic E-state index is 5.80. The van der Waals surface area contributed by atoms with Gasteiger partial charge in [0.2, 0.25) is 0 Å². The summed E-state index contributed by atoms with van der Waals surface area (Å²) in [5, 5.41) is 6.27. The van der Waals surface area contributed by atoms with E-state index in [0.29, 0.717) is 0 Å². The molecule has 5 heteroatoms. The lowest BCUT2D eigenvalue weighted by atomic mass is 10.2. The lowest BCUT2D eigenvalue weighted by Gasteiger charge is -2.33. The number of guanidine groups is 1. The predicted molar refractivity (Wildman–Crippen MR) is 81.9 cm³/mol. The minimum Gasteiger partial charge on any atom is -0.374 e. The summed E-state index contributed by atoms with van der Waals surface area (Å²) in [4.78, 5) is 6.54. The molecule has 2 rings (SSSR count). The Hall–Kier alpha value is -1.59. The van der Waals surface area contributed by atoms with E-state index >= 15 is 0 Å². The van der Waals surface area contributed by atoms with Gasteiger partial charge in [0, 0.05) is 40.3 Å². The van der Waals surface area contributed by atoms with E-state index in [1.54, 1.807) is 7.05 Å². The van der Waals surface area contributed by atoms with Crippen molar-refractivity contribution in [1.29, 1.82) is 0 Å². The van der Waals surface area contributed by atoms with Gasteiger partial charge in [0.25, 0.3) is 0 Å². The van der Waals surface area contributed by atoms with Crippen molar-refractivity contribution in [3.63, 3.8) is 0 Å². The van der Waals surface area contributed by atoms with Crippen molar-refractivity contribution in [3.05, 3.63) is 35.9 Å². The van der Waals surface area contributed by atoms with Gasteiger partial charge in [0.15, 0.2) is 5.96 Å². The van der Waals surface area contributed by atoms with E-state index in [9.17, 15) is 0 Å². The number of morpholine rings is 1. The highest BCUT2D eigenvalue weighted by Gasteiger charge is 2.20. The van der Waals surface area contributed by atoms with Gasteiger partial charge in [0.1, 0.15) is 0 Å². The molecule has 5 nitrogen and oxygen atoms in total. The van der Waals surface area contributed by atoms with E-state index in [4.69, 9.17) is 4.74 Å². The van der Waals surface area contributed by atoms with Crippen molar-refractivity contribution < 1.29 is 4.74 Å². The van der Waals surface area contributed by atoms with E-state index in [1.165, 1.54) is 5.56 Å². The Bertz CT molecular complexity index is 421. The zero-order valence-electron chi connectivity index (χ0n) is 12.3. The molecule has 1 saturated heterocycles. The van der Waals surface area contributed by atoms with Crippen LogP contribution >= 0.6 is 0 Å². The number of aliphatic imine (C=N–C) groups is 1. The number of benzene rings is 1. The molecule has 1 atom stereocenters. The number of rotatable bonds is 4. The molecule has 0 saturated carbocycles. The van der Waals surface area contributed by atoms with Crippen LogP contribution < -0.4 is 10.6 Å². The van der Waals surface area contributed by atoms with Crippen molar-refractivity contribution in [3.8, 4) is 0 Å². The van der Waals surface area contributed by atoms with E-state index in [1.807, 2.05) is 7.05 Å². The van der Waals surface area contributed by atoms with E-state index in [-0.39, 0.29) is 6.10 Å². The largest absolute Gasteiger partial charge is 0.374 e. The van der Waals surface area contributed by atoms with E-state index < -0.39 is 0 Å². The summed E-state index contributed by atoms with van der Waals surface area (Å²) in [6.07, 6.45) is 0.206. The Labute approximate surface area is 121 Å². The third-order valence-electron chi connectivity index (χ3n) is 3.43. The Kier molecular flexibility index (Phi) is 5.83. The molecule has 0 spiro atoms. The van der Waals surface area contributed by atoms with Gasteiger partial charge in [-0.1, -0.05) is 30.3 Å². The molecule has 1 aliphatic heterocycles. The van der Waals surface area contributed by atoms with Gasteiger partial charge in [-0.25, -0.2) is 0 Å². The maximum Gasteiger partial charge on any atom is 0.190 e. The smallest absolute Gasteiger partial charge is 0.190 e. The Morgan fingerprint density at radius 1 is 1.40 bits per heavy atom. The lowest BCUT2D eigenvalue weighted by molar-refractivity contribution is -0.0281. The van der Waals surface area contributed by atoms with Crippen LogP contribution in [-0.4, -0.2) is 57.3 Å². The first-order valence-corrected chi connectivity index (χ1v) is 7.08. The van der Waals surface area contributed by atoms with Gasteiger partial charge >= 0.3 is 0 Å². The molecule has 1 aromatic rings. The number of ether oxygens (including phenoxy) is 1. The quantitative estimate of drug-likeness (QED) is 0.627. The fourth-order valence-corrected chi connectivity index (χ4v) is 2.38. The molecule has 0 bridgehead atoms. The van der Waals surface area contributed by atoms with Crippen LogP contribution in [0.5, 0.6) is 0 Å². The van der Waals surface area contributed by atoms with Gasteiger partial charge in [-0.3, -0.25) is 9.89 Å². The van der Waals surface area contributed by atoms with Crippen LogP contribution in [-0.2, 0) is 11.3 Å². The highest BCUT2D eigenvalue weighted by atomic mass is 16.5. The summed E-state index contributed by atoms with van der Waals surface area (Å²) in [7, 11) is 3.63. The van der Waals surface area contributed by atoms with Crippen LogP contribution in [0.2, 0.25) is 0 Å². The van der Waals surface area contributed by atoms with Crippen molar-refractivity contribution in [2.75, 3.05) is 40.3 Å². The lowest BCUT2D eigenvalue weighted by Crippen LogP contribution is -2.48. The Morgan fingerprint density at radius 2 is 2.20 bits per heavy atom. The van der Waals surface area contributed by atoms with Crippen molar-refractivity contribution in [1.82, 2.24) is 15.5 Å². The zero-order valence-corrected chi connectivity index (χ0v) is 12.3. The second kappa shape index (κ2) is 7.87. The van der Waals surface area contributed by atoms with Crippen LogP contribution in [0.25, 0.3) is 0 Å². The van der Waals surface area contributed by atoms with Crippen molar-refractivity contribution >= 4 is 5.96 Å². The molecule has 0 unspecified atom stereocenters. The molecule has 20 heavy (non-hydrogen) atoms. The molecule has 110 valence electrons. The van der Waals surface area contributed by atoms with E-state index in [0.717, 1.165) is 38.7 Å². The summed E-state index contributed by atoms with van der Waals surface area (Å²) in [6.45, 7) is 4.49. The van der Waals surface area contributed by atoms with Gasteiger partial charge in [-0.2, -0.15) is 0 Å². The van der Waals surface area contributed by atoms with Gasteiger partial charge in [0.05, 0.1) is 12.7 Å². The molecule has 0 aliphatic carbocycles. The Morgan fingerprint density at radius 3 is 2.90 bits per heavy atom. The minimum atomic E-state index is 0.206. The number of hydrogen-bond acceptors (Lipinski definition) is 3. The molecule has 0 aromatic heterocycles. The third kappa shape index (κ3) is 4.51. The van der Waals surface area contributed by atoms with Gasteiger partial charge in [-0.05, 0) is 5.56 Å². The Balaban J connectivity index is 1.80. The number of hydrogen-bond donors (Lipinski definition) is 2. The zero-order chi connectivity index (χ0) is 14.2. The van der Waals surface area contributed by atoms with Crippen LogP contribution in [0.3, 0.4) is 0 Å². The first kappa shape index (κ1) is 14.8. The fourth-order valence-electron chi connectivity index (χ4n) is 2.38. The second-order valence-corrected chi connectivity index (χ2v) is 4.92. The third-order valence-corrected chi connectivity index (χ3v) is 3.43. The highest BCUT2D eigenvalue weighted by molar-refractivity contribution is 5.79. The first-order chi connectivity index (χ1) is 9.81. The van der Waals surface area contributed by atoms with Crippen LogP contribution in [0.15, 0.2) is 35.3 Å². The normalized spacial score (nSPS) is 20.7. The predicted octanol–water partition coefficient (Wildman–Crippen LogP) is 0.682. The molecule has 1 aliphatic rings. The summed E-state index contributed by atoms with van der Waals surface area (Å²) in [6, 6.07) is 10.6. The maximum absolute atomic E-state index is 5.80. The summed E-state index contributed by atoms with van der Waals surface area (Å²) < 4.78 is 5.80. The first-order valence-electron chi connectivity index (χ1n) is 7.08. The number of nitrogens with zero attached hydrogens (tertiary/aromatic N) is 2. The molecule has 1 fully saturated rings. The average Bonchev–Trinajstić information content (AvgIpc) is 2.50. The fraction of sp³-hybridized carbons (Fsp3) is 0.533. The second-order valence-electron chi connectivity index (χ2n) is 4.92. The molecular weight excluding hydrogens is 252 g/mol. The van der Waals surface area contributed by atoms with Crippen molar-refractivity contribution in [2.45, 2.75) is 12.6 Å². The van der Waals surface area contributed by atoms with Crippen molar-refractivity contribution in [2.24, 2.45) is 4.99 Å². The standard InChI is InChI=1S/C15H24N4O/c1-16-15(17-2)18-10-14-12-19(8-9-20-14)11-13-6-4-3-5-7-13/h3-7,14H,8-12H2,1-2H3,(H2,16,17,18)/t14-/m0/s1. The van der Waals surface area contributed by atoms with Crippen LogP contribution in [0.1, 0.15) is 5.56 Å². The summed E-state index contributed by atoms with van der Waals surface area (Å²) in [5.74, 6) is 0.800. The molecular formula is C15H24N4O. The van der Waals surface area contributed by atoms with E-state index in [2.05, 4.69) is 50.9 Å². The molecule has 0 amide bonds. The minimum absolute atomic E-state index is 0.206. The van der Waals surface area contributed by atoms with Crippen LogP contribution in [0.4, 0.5) is 0 Å². The van der Waals surface area contributed by atoms with Crippen LogP contribution in [0, 0.1) is 0 Å². The summed E-state index contributed by atoms with van der Waals surface area (Å²) in [5.41, 5.74) is 1.35. The molecule has 1 heterocycles. The number of nitrogens with one attached hydrogen (secondary N) is 2. The molecule has 0 radical (unpaired) electrons. The molecule has 1 aromatic carbocycles. The average molecular weight is 276 g/mol. The molecule has 2 N–H and O–H groups in total. The monoisotopic (exact) mass is 276 g/mol.